The van der Waals surface area contributed by atoms with E-state index in [0.717, 1.165) is 28.1 Å². The fraction of sp³-hybridized carbons (Fsp3) is 0.200. The van der Waals surface area contributed by atoms with Crippen LogP contribution in [0.25, 0.3) is 11.3 Å². The first-order chi connectivity index (χ1) is 12.5. The number of benzene rings is 2. The molecule has 134 valence electrons. The zero-order chi connectivity index (χ0) is 18.5. The van der Waals surface area contributed by atoms with Gasteiger partial charge in [-0.2, -0.15) is 0 Å². The Morgan fingerprint density at radius 2 is 1.92 bits per heavy atom. The molecular weight excluding hydrogens is 348 g/mol. The number of hydrogen-bond acceptors (Lipinski definition) is 5. The van der Waals surface area contributed by atoms with Gasteiger partial charge in [-0.05, 0) is 49.7 Å². The molecule has 0 fully saturated rings. The highest BCUT2D eigenvalue weighted by Gasteiger charge is 2.10. The molecule has 3 rings (SSSR count). The second-order valence-electron chi connectivity index (χ2n) is 5.87. The van der Waals surface area contributed by atoms with Crippen LogP contribution in [0, 0.1) is 13.8 Å². The molecule has 0 spiro atoms. The van der Waals surface area contributed by atoms with E-state index >= 15 is 0 Å². The van der Waals surface area contributed by atoms with Crippen molar-refractivity contribution in [2.75, 3.05) is 19.0 Å². The lowest BCUT2D eigenvalue weighted by Crippen LogP contribution is -2.20. The zero-order valence-corrected chi connectivity index (χ0v) is 15.7. The van der Waals surface area contributed by atoms with Gasteiger partial charge in [0.25, 0.3) is 5.91 Å². The Labute approximate surface area is 156 Å². The summed E-state index contributed by atoms with van der Waals surface area (Å²) in [7, 11) is 1.63. The van der Waals surface area contributed by atoms with Crippen molar-refractivity contribution < 1.29 is 14.3 Å². The lowest BCUT2D eigenvalue weighted by atomic mass is 10.1. The van der Waals surface area contributed by atoms with Crippen molar-refractivity contribution in [3.63, 3.8) is 0 Å². The molecule has 2 aromatic carbocycles. The summed E-state index contributed by atoms with van der Waals surface area (Å²) < 4.78 is 10.7. The highest BCUT2D eigenvalue weighted by atomic mass is 32.1. The number of aromatic nitrogens is 1. The van der Waals surface area contributed by atoms with Crippen LogP contribution in [0.5, 0.6) is 11.5 Å². The molecule has 6 heteroatoms. The summed E-state index contributed by atoms with van der Waals surface area (Å²) in [5, 5.41) is 5.23. The predicted molar refractivity (Wildman–Crippen MR) is 104 cm³/mol. The van der Waals surface area contributed by atoms with E-state index in [2.05, 4.69) is 10.3 Å². The Balaban J connectivity index is 1.58. The third-order valence-corrected chi connectivity index (χ3v) is 4.58. The van der Waals surface area contributed by atoms with Crippen molar-refractivity contribution in [3.8, 4) is 22.8 Å². The number of aryl methyl sites for hydroxylation is 2. The van der Waals surface area contributed by atoms with Crippen LogP contribution in [0.2, 0.25) is 0 Å². The number of anilines is 1. The summed E-state index contributed by atoms with van der Waals surface area (Å²) in [5.41, 5.74) is 3.94. The van der Waals surface area contributed by atoms with E-state index in [9.17, 15) is 4.79 Å². The number of hydrogen-bond donors (Lipinski definition) is 1. The summed E-state index contributed by atoms with van der Waals surface area (Å²) >= 11 is 1.38. The first-order valence-electron chi connectivity index (χ1n) is 8.15. The van der Waals surface area contributed by atoms with Gasteiger partial charge in [-0.25, -0.2) is 4.98 Å². The van der Waals surface area contributed by atoms with Gasteiger partial charge in [0, 0.05) is 10.9 Å². The number of carbonyl (C=O) groups excluding carboxylic acids is 1. The molecule has 0 atom stereocenters. The predicted octanol–water partition coefficient (Wildman–Crippen LogP) is 4.45. The maximum atomic E-state index is 12.1. The molecule has 1 heterocycles. The van der Waals surface area contributed by atoms with Gasteiger partial charge in [-0.3, -0.25) is 10.1 Å². The summed E-state index contributed by atoms with van der Waals surface area (Å²) in [5.74, 6) is 1.27. The average molecular weight is 368 g/mol. The Morgan fingerprint density at radius 1 is 1.15 bits per heavy atom. The van der Waals surface area contributed by atoms with E-state index in [0.29, 0.717) is 10.9 Å². The molecule has 0 aliphatic carbocycles. The molecule has 0 aliphatic heterocycles. The SMILES string of the molecule is COc1ccc(-c2csc(NC(=O)COc3ccc(C)cc3C)n2)cc1. The number of ether oxygens (including phenoxy) is 2. The minimum Gasteiger partial charge on any atom is -0.497 e. The van der Waals surface area contributed by atoms with Gasteiger partial charge in [-0.1, -0.05) is 17.7 Å². The number of methoxy groups -OCH3 is 1. The van der Waals surface area contributed by atoms with Gasteiger partial charge in [-0.15, -0.1) is 11.3 Å². The lowest BCUT2D eigenvalue weighted by Gasteiger charge is -2.09. The van der Waals surface area contributed by atoms with Crippen LogP contribution < -0.4 is 14.8 Å². The number of carbonyl (C=O) groups is 1. The van der Waals surface area contributed by atoms with Crippen molar-refractivity contribution in [1.29, 1.82) is 0 Å². The van der Waals surface area contributed by atoms with Gasteiger partial charge in [0.05, 0.1) is 12.8 Å². The van der Waals surface area contributed by atoms with Crippen LogP contribution in [0.15, 0.2) is 47.8 Å². The van der Waals surface area contributed by atoms with E-state index in [4.69, 9.17) is 9.47 Å². The van der Waals surface area contributed by atoms with Gasteiger partial charge >= 0.3 is 0 Å². The molecule has 0 unspecified atom stereocenters. The Bertz CT molecular complexity index is 904. The highest BCUT2D eigenvalue weighted by molar-refractivity contribution is 7.14. The molecule has 5 nitrogen and oxygen atoms in total. The van der Waals surface area contributed by atoms with E-state index in [1.807, 2.05) is 61.7 Å². The number of nitrogens with one attached hydrogen (secondary N) is 1. The van der Waals surface area contributed by atoms with Crippen LogP contribution in [0.3, 0.4) is 0 Å². The molecule has 1 N–H and O–H groups in total. The van der Waals surface area contributed by atoms with Crippen molar-refractivity contribution >= 4 is 22.4 Å². The fourth-order valence-corrected chi connectivity index (χ4v) is 3.22. The third-order valence-electron chi connectivity index (χ3n) is 3.83. The summed E-state index contributed by atoms with van der Waals surface area (Å²) in [6, 6.07) is 13.5. The van der Waals surface area contributed by atoms with Gasteiger partial charge in [0.1, 0.15) is 11.5 Å². The molecular formula is C20H20N2O3S. The molecule has 1 amide bonds. The lowest BCUT2D eigenvalue weighted by molar-refractivity contribution is -0.118. The number of thiazole rings is 1. The maximum absolute atomic E-state index is 12.1. The van der Waals surface area contributed by atoms with Crippen LogP contribution in [0.1, 0.15) is 11.1 Å². The first kappa shape index (κ1) is 17.9. The second kappa shape index (κ2) is 8.01. The van der Waals surface area contributed by atoms with E-state index in [-0.39, 0.29) is 12.5 Å². The number of rotatable bonds is 6. The van der Waals surface area contributed by atoms with Crippen molar-refractivity contribution in [2.24, 2.45) is 0 Å². The minimum atomic E-state index is -0.236. The van der Waals surface area contributed by atoms with E-state index in [1.54, 1.807) is 7.11 Å². The number of nitrogens with zero attached hydrogens (tertiary/aromatic N) is 1. The summed E-state index contributed by atoms with van der Waals surface area (Å²) in [6.07, 6.45) is 0. The van der Waals surface area contributed by atoms with Gasteiger partial charge in [0.2, 0.25) is 0 Å². The topological polar surface area (TPSA) is 60.5 Å². The van der Waals surface area contributed by atoms with E-state index in [1.165, 1.54) is 11.3 Å². The molecule has 26 heavy (non-hydrogen) atoms. The molecule has 3 aromatic rings. The average Bonchev–Trinajstić information content (AvgIpc) is 3.09. The van der Waals surface area contributed by atoms with Crippen molar-refractivity contribution in [3.05, 3.63) is 59.0 Å². The fourth-order valence-electron chi connectivity index (χ4n) is 2.49. The Kier molecular flexibility index (Phi) is 5.53. The zero-order valence-electron chi connectivity index (χ0n) is 14.9. The molecule has 0 radical (unpaired) electrons. The van der Waals surface area contributed by atoms with Crippen LogP contribution in [-0.2, 0) is 4.79 Å². The van der Waals surface area contributed by atoms with Crippen molar-refractivity contribution in [2.45, 2.75) is 13.8 Å². The summed E-state index contributed by atoms with van der Waals surface area (Å²) in [6.45, 7) is 3.93. The monoisotopic (exact) mass is 368 g/mol. The van der Waals surface area contributed by atoms with Crippen LogP contribution in [-0.4, -0.2) is 24.6 Å². The van der Waals surface area contributed by atoms with Crippen LogP contribution in [0.4, 0.5) is 5.13 Å². The largest absolute Gasteiger partial charge is 0.497 e. The van der Waals surface area contributed by atoms with Crippen LogP contribution >= 0.6 is 11.3 Å². The third kappa shape index (κ3) is 4.40. The van der Waals surface area contributed by atoms with Crippen molar-refractivity contribution in [1.82, 2.24) is 4.98 Å². The maximum Gasteiger partial charge on any atom is 0.264 e. The highest BCUT2D eigenvalue weighted by Crippen LogP contribution is 2.26. The van der Waals surface area contributed by atoms with Gasteiger partial charge < -0.3 is 9.47 Å². The molecule has 1 aromatic heterocycles. The second-order valence-corrected chi connectivity index (χ2v) is 6.73. The summed E-state index contributed by atoms with van der Waals surface area (Å²) in [4.78, 5) is 16.6. The first-order valence-corrected chi connectivity index (χ1v) is 9.03. The van der Waals surface area contributed by atoms with E-state index < -0.39 is 0 Å². The van der Waals surface area contributed by atoms with Gasteiger partial charge in [0.15, 0.2) is 11.7 Å². The quantitative estimate of drug-likeness (QED) is 0.698. The number of amides is 1. The molecule has 0 saturated heterocycles. The molecule has 0 bridgehead atoms. The Morgan fingerprint density at radius 3 is 2.62 bits per heavy atom. The smallest absolute Gasteiger partial charge is 0.264 e. The minimum absolute atomic E-state index is 0.0542. The normalized spacial score (nSPS) is 10.4. The standard InChI is InChI=1S/C20H20N2O3S/c1-13-4-9-18(14(2)10-13)25-11-19(23)22-20-21-17(12-26-20)15-5-7-16(24-3)8-6-15/h4-10,12H,11H2,1-3H3,(H,21,22,23). The molecule has 0 aliphatic rings. The Hall–Kier alpha value is -2.86. The molecule has 0 saturated carbocycles.